The molecule has 0 aliphatic heterocycles. The maximum atomic E-state index is 12.4. The van der Waals surface area contributed by atoms with E-state index in [9.17, 15) is 13.2 Å². The number of hydrogen-bond acceptors (Lipinski definition) is 6. The van der Waals surface area contributed by atoms with Gasteiger partial charge in [0.2, 0.25) is 0 Å². The lowest BCUT2D eigenvalue weighted by Crippen LogP contribution is -2.14. The van der Waals surface area contributed by atoms with Crippen LogP contribution in [0.15, 0.2) is 53.4 Å². The van der Waals surface area contributed by atoms with Crippen LogP contribution in [0, 0.1) is 0 Å². The molecule has 2 rings (SSSR count). The molecule has 0 aliphatic carbocycles. The number of anilines is 1. The van der Waals surface area contributed by atoms with Gasteiger partial charge in [0.05, 0.1) is 13.7 Å². The van der Waals surface area contributed by atoms with Crippen LogP contribution in [0.3, 0.4) is 0 Å². The Kier molecular flexibility index (Phi) is 5.64. The van der Waals surface area contributed by atoms with Gasteiger partial charge in [-0.2, -0.15) is 8.42 Å². The van der Waals surface area contributed by atoms with E-state index in [1.54, 1.807) is 31.2 Å². The number of methoxy groups -OCH3 is 1. The van der Waals surface area contributed by atoms with Crippen molar-refractivity contribution >= 4 is 21.9 Å². The van der Waals surface area contributed by atoms with Gasteiger partial charge in [-0.3, -0.25) is 5.32 Å². The number of rotatable bonds is 6. The first-order chi connectivity index (χ1) is 11.5. The molecule has 0 aromatic heterocycles. The molecule has 0 atom stereocenters. The van der Waals surface area contributed by atoms with Crippen molar-refractivity contribution in [3.05, 3.63) is 48.5 Å². The summed E-state index contributed by atoms with van der Waals surface area (Å²) in [4.78, 5) is 11.3. The molecular weight excluding hydrogens is 334 g/mol. The molecule has 0 spiro atoms. The summed E-state index contributed by atoms with van der Waals surface area (Å²) in [7, 11) is -2.71. The highest BCUT2D eigenvalue weighted by Crippen LogP contribution is 2.27. The Morgan fingerprint density at radius 3 is 2.58 bits per heavy atom. The predicted molar refractivity (Wildman–Crippen MR) is 87.9 cm³/mol. The van der Waals surface area contributed by atoms with E-state index < -0.39 is 16.2 Å². The van der Waals surface area contributed by atoms with E-state index in [-0.39, 0.29) is 23.0 Å². The Bertz CT molecular complexity index is 819. The molecule has 0 bridgehead atoms. The van der Waals surface area contributed by atoms with Gasteiger partial charge in [-0.25, -0.2) is 4.79 Å². The van der Waals surface area contributed by atoms with Crippen molar-refractivity contribution in [2.45, 2.75) is 11.8 Å². The third-order valence-corrected chi connectivity index (χ3v) is 4.19. The number of carbonyl (C=O) groups is 1. The Hall–Kier alpha value is -2.74. The Morgan fingerprint density at radius 1 is 1.12 bits per heavy atom. The summed E-state index contributed by atoms with van der Waals surface area (Å²) in [6.45, 7) is 1.91. The minimum Gasteiger partial charge on any atom is -0.495 e. The maximum Gasteiger partial charge on any atom is 0.411 e. The molecular formula is C16H17NO6S. The lowest BCUT2D eigenvalue weighted by atomic mass is 10.3. The molecule has 128 valence electrons. The first kappa shape index (κ1) is 17.6. The molecule has 7 nitrogen and oxygen atoms in total. The topological polar surface area (TPSA) is 90.9 Å². The average molecular weight is 351 g/mol. The Morgan fingerprint density at radius 2 is 1.88 bits per heavy atom. The van der Waals surface area contributed by atoms with Gasteiger partial charge in [-0.1, -0.05) is 18.2 Å². The van der Waals surface area contributed by atoms with Gasteiger partial charge >= 0.3 is 16.2 Å². The van der Waals surface area contributed by atoms with Crippen LogP contribution in [0.25, 0.3) is 0 Å². The van der Waals surface area contributed by atoms with Gasteiger partial charge < -0.3 is 13.7 Å². The number of amides is 1. The van der Waals surface area contributed by atoms with Gasteiger partial charge in [0.25, 0.3) is 0 Å². The van der Waals surface area contributed by atoms with Crippen molar-refractivity contribution in [3.8, 4) is 11.5 Å². The molecule has 2 aromatic carbocycles. The van der Waals surface area contributed by atoms with Crippen LogP contribution in [0.5, 0.6) is 11.5 Å². The van der Waals surface area contributed by atoms with Gasteiger partial charge in [0, 0.05) is 11.8 Å². The second-order valence-corrected chi connectivity index (χ2v) is 6.08. The molecule has 2 aromatic rings. The lowest BCUT2D eigenvalue weighted by molar-refractivity contribution is 0.168. The number of benzene rings is 2. The summed E-state index contributed by atoms with van der Waals surface area (Å²) in [5, 5.41) is 2.47. The number of nitrogens with one attached hydrogen (secondary N) is 1. The molecule has 0 unspecified atom stereocenters. The fourth-order valence-corrected chi connectivity index (χ4v) is 3.00. The van der Waals surface area contributed by atoms with Gasteiger partial charge in [0.1, 0.15) is 16.4 Å². The molecule has 0 saturated heterocycles. The fourth-order valence-electron chi connectivity index (χ4n) is 1.91. The van der Waals surface area contributed by atoms with Crippen molar-refractivity contribution in [1.82, 2.24) is 0 Å². The summed E-state index contributed by atoms with van der Waals surface area (Å²) in [5.41, 5.74) is 0.348. The second-order valence-electron chi connectivity index (χ2n) is 4.56. The molecule has 0 aliphatic rings. The van der Waals surface area contributed by atoms with Crippen molar-refractivity contribution in [2.24, 2.45) is 0 Å². The smallest absolute Gasteiger partial charge is 0.411 e. The van der Waals surface area contributed by atoms with Crippen molar-refractivity contribution in [1.29, 1.82) is 0 Å². The van der Waals surface area contributed by atoms with Crippen LogP contribution in [0.1, 0.15) is 6.92 Å². The summed E-state index contributed by atoms with van der Waals surface area (Å²) in [6.07, 6.45) is -0.637. The number of hydrogen-bond donors (Lipinski definition) is 1. The minimum atomic E-state index is -4.08. The minimum absolute atomic E-state index is 0.0511. The summed E-state index contributed by atoms with van der Waals surface area (Å²) in [6, 6.07) is 12.1. The number of carbonyl (C=O) groups excluding carboxylic acids is 1. The summed E-state index contributed by atoms with van der Waals surface area (Å²) >= 11 is 0. The van der Waals surface area contributed by atoms with Crippen LogP contribution in [-0.2, 0) is 14.9 Å². The zero-order chi connectivity index (χ0) is 17.6. The quantitative estimate of drug-likeness (QED) is 0.805. The third-order valence-electron chi connectivity index (χ3n) is 2.90. The zero-order valence-electron chi connectivity index (χ0n) is 13.2. The Balaban J connectivity index is 2.22. The number of para-hydroxylation sites is 1. The average Bonchev–Trinajstić information content (AvgIpc) is 2.55. The van der Waals surface area contributed by atoms with Crippen LogP contribution in [-0.4, -0.2) is 28.2 Å². The van der Waals surface area contributed by atoms with Gasteiger partial charge in [-0.15, -0.1) is 0 Å². The van der Waals surface area contributed by atoms with E-state index in [4.69, 9.17) is 13.7 Å². The van der Waals surface area contributed by atoms with Crippen molar-refractivity contribution < 1.29 is 26.9 Å². The molecule has 0 fully saturated rings. The van der Waals surface area contributed by atoms with Crippen LogP contribution in [0.2, 0.25) is 0 Å². The van der Waals surface area contributed by atoms with Crippen LogP contribution < -0.4 is 14.2 Å². The first-order valence-corrected chi connectivity index (χ1v) is 8.48. The van der Waals surface area contributed by atoms with Crippen LogP contribution in [0.4, 0.5) is 10.5 Å². The highest BCUT2D eigenvalue weighted by molar-refractivity contribution is 7.87. The monoisotopic (exact) mass is 351 g/mol. The van der Waals surface area contributed by atoms with E-state index in [1.807, 2.05) is 0 Å². The third kappa shape index (κ3) is 4.39. The molecule has 1 amide bonds. The lowest BCUT2D eigenvalue weighted by Gasteiger charge is -2.11. The van der Waals surface area contributed by atoms with E-state index >= 15 is 0 Å². The predicted octanol–water partition coefficient (Wildman–Crippen LogP) is 3.03. The first-order valence-electron chi connectivity index (χ1n) is 7.07. The van der Waals surface area contributed by atoms with Crippen molar-refractivity contribution in [2.75, 3.05) is 19.0 Å². The molecule has 0 heterocycles. The Labute approximate surface area is 140 Å². The molecule has 0 radical (unpaired) electrons. The SMILES string of the molecule is CCOC(=O)Nc1cccc(OS(=O)(=O)c2ccccc2OC)c1. The zero-order valence-corrected chi connectivity index (χ0v) is 14.0. The molecule has 1 N–H and O–H groups in total. The highest BCUT2D eigenvalue weighted by atomic mass is 32.2. The fraction of sp³-hybridized carbons (Fsp3) is 0.188. The normalized spacial score (nSPS) is 10.8. The van der Waals surface area contributed by atoms with E-state index in [2.05, 4.69) is 5.32 Å². The second kappa shape index (κ2) is 7.69. The summed E-state index contributed by atoms with van der Waals surface area (Å²) < 4.78 is 39.7. The highest BCUT2D eigenvalue weighted by Gasteiger charge is 2.21. The number of ether oxygens (including phenoxy) is 2. The maximum absolute atomic E-state index is 12.4. The van der Waals surface area contributed by atoms with Crippen molar-refractivity contribution in [3.63, 3.8) is 0 Å². The largest absolute Gasteiger partial charge is 0.495 e. The van der Waals surface area contributed by atoms with Gasteiger partial charge in [-0.05, 0) is 31.2 Å². The van der Waals surface area contributed by atoms with E-state index in [0.717, 1.165) is 0 Å². The molecule has 0 saturated carbocycles. The molecule has 8 heteroatoms. The van der Waals surface area contributed by atoms with Gasteiger partial charge in [0.15, 0.2) is 0 Å². The molecule has 24 heavy (non-hydrogen) atoms. The summed E-state index contributed by atoms with van der Waals surface area (Å²) in [5.74, 6) is 0.230. The standard InChI is InChI=1S/C16H17NO6S/c1-3-22-16(18)17-12-7-6-8-13(11-12)23-24(19,20)15-10-5-4-9-14(15)21-2/h4-11H,3H2,1-2H3,(H,17,18). The van der Waals surface area contributed by atoms with E-state index in [1.165, 1.54) is 31.4 Å². The van der Waals surface area contributed by atoms with E-state index in [0.29, 0.717) is 5.69 Å². The van der Waals surface area contributed by atoms with Crippen LogP contribution >= 0.6 is 0 Å².